The predicted octanol–water partition coefficient (Wildman–Crippen LogP) is 2.91. The Kier molecular flexibility index (Phi) is 5.80. The van der Waals surface area contributed by atoms with Crippen LogP contribution in [0.1, 0.15) is 41.0 Å². The van der Waals surface area contributed by atoms with Crippen LogP contribution in [0.15, 0.2) is 4.99 Å². The molecule has 1 heterocycles. The number of rotatable bonds is 5. The van der Waals surface area contributed by atoms with Gasteiger partial charge in [-0.15, -0.1) is 0 Å². The summed E-state index contributed by atoms with van der Waals surface area (Å²) < 4.78 is 5.39. The Hall–Kier alpha value is -0.220. The number of hydrogen-bond donors (Lipinski definition) is 1. The van der Waals surface area contributed by atoms with Gasteiger partial charge in [0, 0.05) is 17.9 Å². The molecule has 0 aromatic heterocycles. The van der Waals surface area contributed by atoms with Crippen LogP contribution in [-0.4, -0.2) is 36.2 Å². The Bertz CT molecular complexity index is 261. The zero-order valence-electron chi connectivity index (χ0n) is 11.7. The van der Waals surface area contributed by atoms with E-state index < -0.39 is 0 Å². The molecule has 0 amide bonds. The normalized spacial score (nSPS) is 22.4. The molecule has 2 unspecified atom stereocenters. The molecule has 2 atom stereocenters. The van der Waals surface area contributed by atoms with Gasteiger partial charge in [-0.3, -0.25) is 4.99 Å². The van der Waals surface area contributed by atoms with Crippen molar-refractivity contribution in [3.05, 3.63) is 0 Å². The lowest BCUT2D eigenvalue weighted by atomic mass is 9.90. The van der Waals surface area contributed by atoms with Crippen LogP contribution in [0.3, 0.4) is 0 Å². The van der Waals surface area contributed by atoms with E-state index in [0.717, 1.165) is 24.9 Å². The highest BCUT2D eigenvalue weighted by Crippen LogP contribution is 2.31. The third-order valence-corrected chi connectivity index (χ3v) is 3.62. The van der Waals surface area contributed by atoms with E-state index in [0.29, 0.717) is 16.7 Å². The van der Waals surface area contributed by atoms with Gasteiger partial charge >= 0.3 is 0 Å². The van der Waals surface area contributed by atoms with Gasteiger partial charge in [0.05, 0.1) is 13.2 Å². The molecule has 1 rings (SSSR count). The van der Waals surface area contributed by atoms with Gasteiger partial charge in [0.15, 0.2) is 5.17 Å². The van der Waals surface area contributed by atoms with Gasteiger partial charge in [0.25, 0.3) is 0 Å². The lowest BCUT2D eigenvalue weighted by Gasteiger charge is -2.22. The van der Waals surface area contributed by atoms with Gasteiger partial charge in [-0.2, -0.15) is 0 Å². The largest absolute Gasteiger partial charge is 0.380 e. The van der Waals surface area contributed by atoms with E-state index >= 15 is 0 Å². The van der Waals surface area contributed by atoms with Gasteiger partial charge in [0.2, 0.25) is 0 Å². The lowest BCUT2D eigenvalue weighted by Crippen LogP contribution is -2.34. The van der Waals surface area contributed by atoms with Crippen LogP contribution >= 0.6 is 11.8 Å². The van der Waals surface area contributed by atoms with E-state index in [-0.39, 0.29) is 0 Å². The second kappa shape index (κ2) is 6.64. The summed E-state index contributed by atoms with van der Waals surface area (Å²) in [4.78, 5) is 4.56. The van der Waals surface area contributed by atoms with Crippen LogP contribution < -0.4 is 5.32 Å². The zero-order valence-corrected chi connectivity index (χ0v) is 12.6. The Balaban J connectivity index is 2.25. The topological polar surface area (TPSA) is 33.6 Å². The standard InChI is InChI=1S/C13H26N2OS/c1-6-16-9-10(2)15-12-14-8-11(17-12)7-13(3,4)5/h10-11H,6-9H2,1-5H3,(H,14,15). The van der Waals surface area contributed by atoms with E-state index in [1.54, 1.807) is 0 Å². The first kappa shape index (κ1) is 14.8. The molecule has 1 aliphatic rings. The van der Waals surface area contributed by atoms with Crippen LogP contribution in [0.5, 0.6) is 0 Å². The lowest BCUT2D eigenvalue weighted by molar-refractivity contribution is 0.133. The predicted molar refractivity (Wildman–Crippen MR) is 76.8 cm³/mol. The van der Waals surface area contributed by atoms with Crippen LogP contribution in [-0.2, 0) is 4.74 Å². The van der Waals surface area contributed by atoms with Gasteiger partial charge in [-0.1, -0.05) is 32.5 Å². The minimum absolute atomic E-state index is 0.342. The quantitative estimate of drug-likeness (QED) is 0.823. The number of aliphatic imine (C=N–C) groups is 1. The fourth-order valence-corrected chi connectivity index (χ4v) is 3.30. The number of nitrogens with zero attached hydrogens (tertiary/aromatic N) is 1. The van der Waals surface area contributed by atoms with Crippen molar-refractivity contribution in [2.45, 2.75) is 52.3 Å². The Morgan fingerprint density at radius 2 is 2.24 bits per heavy atom. The summed E-state index contributed by atoms with van der Waals surface area (Å²) in [7, 11) is 0. The van der Waals surface area contributed by atoms with Crippen molar-refractivity contribution < 1.29 is 4.74 Å². The molecule has 0 aromatic carbocycles. The first-order valence-electron chi connectivity index (χ1n) is 6.46. The highest BCUT2D eigenvalue weighted by atomic mass is 32.2. The van der Waals surface area contributed by atoms with Gasteiger partial charge < -0.3 is 10.1 Å². The molecule has 0 saturated carbocycles. The number of amidine groups is 1. The summed E-state index contributed by atoms with van der Waals surface area (Å²) in [5, 5.41) is 5.14. The maximum absolute atomic E-state index is 5.39. The van der Waals surface area contributed by atoms with E-state index in [2.05, 4.69) is 38.0 Å². The van der Waals surface area contributed by atoms with E-state index in [1.165, 1.54) is 6.42 Å². The molecule has 0 bridgehead atoms. The van der Waals surface area contributed by atoms with E-state index in [9.17, 15) is 0 Å². The summed E-state index contributed by atoms with van der Waals surface area (Å²) in [6.45, 7) is 13.5. The Morgan fingerprint density at radius 1 is 1.53 bits per heavy atom. The van der Waals surface area contributed by atoms with Crippen molar-refractivity contribution in [2.24, 2.45) is 10.4 Å². The monoisotopic (exact) mass is 258 g/mol. The fourth-order valence-electron chi connectivity index (χ4n) is 1.83. The molecule has 0 fully saturated rings. The second-order valence-electron chi connectivity index (χ2n) is 5.86. The number of thioether (sulfide) groups is 1. The Labute approximate surface area is 110 Å². The van der Waals surface area contributed by atoms with Crippen molar-refractivity contribution >= 4 is 16.9 Å². The average molecular weight is 258 g/mol. The molecule has 1 N–H and O–H groups in total. The average Bonchev–Trinajstić information content (AvgIpc) is 2.59. The highest BCUT2D eigenvalue weighted by molar-refractivity contribution is 8.14. The second-order valence-corrected chi connectivity index (χ2v) is 7.14. The third kappa shape index (κ3) is 6.32. The number of hydrogen-bond acceptors (Lipinski definition) is 4. The van der Waals surface area contributed by atoms with Crippen molar-refractivity contribution in [1.29, 1.82) is 0 Å². The zero-order chi connectivity index (χ0) is 12.9. The van der Waals surface area contributed by atoms with E-state index in [4.69, 9.17) is 4.74 Å². The molecule has 1 aliphatic heterocycles. The third-order valence-electron chi connectivity index (χ3n) is 2.50. The summed E-state index contributed by atoms with van der Waals surface area (Å²) >= 11 is 1.88. The molecule has 0 aliphatic carbocycles. The van der Waals surface area contributed by atoms with Gasteiger partial charge in [0.1, 0.15) is 0 Å². The molecule has 0 aromatic rings. The molecule has 4 heteroatoms. The maximum Gasteiger partial charge on any atom is 0.157 e. The van der Waals surface area contributed by atoms with Crippen LogP contribution in [0, 0.1) is 5.41 Å². The molecule has 0 spiro atoms. The molecule has 17 heavy (non-hydrogen) atoms. The maximum atomic E-state index is 5.39. The molecule has 0 saturated heterocycles. The van der Waals surface area contributed by atoms with E-state index in [1.807, 2.05) is 18.7 Å². The summed E-state index contributed by atoms with van der Waals surface area (Å²) in [5.41, 5.74) is 0.388. The van der Waals surface area contributed by atoms with Gasteiger partial charge in [-0.05, 0) is 25.7 Å². The summed E-state index contributed by atoms with van der Waals surface area (Å²) in [5.74, 6) is 0. The highest BCUT2D eigenvalue weighted by Gasteiger charge is 2.25. The van der Waals surface area contributed by atoms with Crippen molar-refractivity contribution in [3.8, 4) is 0 Å². The summed E-state index contributed by atoms with van der Waals surface area (Å²) in [6.07, 6.45) is 1.21. The van der Waals surface area contributed by atoms with Crippen LogP contribution in [0.25, 0.3) is 0 Å². The van der Waals surface area contributed by atoms with Crippen LogP contribution in [0.2, 0.25) is 0 Å². The van der Waals surface area contributed by atoms with Crippen molar-refractivity contribution in [1.82, 2.24) is 5.32 Å². The first-order chi connectivity index (χ1) is 7.90. The molecule has 3 nitrogen and oxygen atoms in total. The Morgan fingerprint density at radius 3 is 2.82 bits per heavy atom. The van der Waals surface area contributed by atoms with Crippen molar-refractivity contribution in [3.63, 3.8) is 0 Å². The number of ether oxygens (including phenoxy) is 1. The molecular weight excluding hydrogens is 232 g/mol. The minimum Gasteiger partial charge on any atom is -0.380 e. The molecule has 100 valence electrons. The smallest absolute Gasteiger partial charge is 0.157 e. The molecule has 0 radical (unpaired) electrons. The van der Waals surface area contributed by atoms with Gasteiger partial charge in [-0.25, -0.2) is 0 Å². The van der Waals surface area contributed by atoms with Crippen LogP contribution in [0.4, 0.5) is 0 Å². The molecular formula is C13H26N2OS. The number of nitrogens with one attached hydrogen (secondary N) is 1. The summed E-state index contributed by atoms with van der Waals surface area (Å²) in [6, 6.07) is 0.342. The minimum atomic E-state index is 0.342. The fraction of sp³-hybridized carbons (Fsp3) is 0.923. The first-order valence-corrected chi connectivity index (χ1v) is 7.34. The SMILES string of the molecule is CCOCC(C)NC1=NCC(CC(C)(C)C)S1. The van der Waals surface area contributed by atoms with Crippen molar-refractivity contribution in [2.75, 3.05) is 19.8 Å².